The van der Waals surface area contributed by atoms with Gasteiger partial charge in [-0.15, -0.1) is 0 Å². The highest BCUT2D eigenvalue weighted by Crippen LogP contribution is 2.40. The van der Waals surface area contributed by atoms with Crippen molar-refractivity contribution in [3.05, 3.63) is 225 Å². The third-order valence-electron chi connectivity index (χ3n) is 10.7. The van der Waals surface area contributed by atoms with Crippen LogP contribution in [0, 0.1) is 0 Å². The summed E-state index contributed by atoms with van der Waals surface area (Å²) in [6.07, 6.45) is 7.62. The van der Waals surface area contributed by atoms with E-state index in [9.17, 15) is 0 Å². The minimum absolute atomic E-state index is 0.707. The quantitative estimate of drug-likeness (QED) is 0.146. The average Bonchev–Trinajstić information content (AvgIpc) is 3.35. The highest BCUT2D eigenvalue weighted by molar-refractivity contribution is 5.90. The predicted molar refractivity (Wildman–Crippen MR) is 244 cm³/mol. The van der Waals surface area contributed by atoms with Crippen molar-refractivity contribution in [2.45, 2.75) is 0 Å². The van der Waals surface area contributed by atoms with Gasteiger partial charge in [-0.3, -0.25) is 0 Å². The Kier molecular flexibility index (Phi) is 9.88. The van der Waals surface area contributed by atoms with Crippen LogP contribution in [0.15, 0.2) is 225 Å². The Hall–Kier alpha value is -8.15. The number of rotatable bonds is 9. The van der Waals surface area contributed by atoms with Crippen LogP contribution >= 0.6 is 0 Å². The summed E-state index contributed by atoms with van der Waals surface area (Å²) in [4.78, 5) is 24.2. The Labute approximate surface area is 349 Å². The molecule has 5 nitrogen and oxygen atoms in total. The summed E-state index contributed by atoms with van der Waals surface area (Å²) in [5.41, 5.74) is 16.5. The van der Waals surface area contributed by atoms with Gasteiger partial charge in [-0.05, 0) is 68.8 Å². The van der Waals surface area contributed by atoms with Crippen LogP contribution < -0.4 is 0 Å². The Morgan fingerprint density at radius 1 is 0.217 bits per heavy atom. The SMILES string of the molecule is c1ccc(-c2cc(-c3ccccc3-c3cccc(-c4cnc(-c5ccccc5)nc4)c3)cc(-c3ccccc3-c3cccc(-c4cnc(-c5ccccc5)nc4)c3)n2)cc1. The minimum atomic E-state index is 0.707. The Morgan fingerprint density at radius 2 is 0.567 bits per heavy atom. The van der Waals surface area contributed by atoms with Gasteiger partial charge in [0.2, 0.25) is 0 Å². The molecule has 3 heterocycles. The first-order chi connectivity index (χ1) is 29.7. The van der Waals surface area contributed by atoms with Gasteiger partial charge in [0.1, 0.15) is 0 Å². The van der Waals surface area contributed by atoms with Gasteiger partial charge in [-0.25, -0.2) is 24.9 Å². The molecule has 0 saturated heterocycles. The van der Waals surface area contributed by atoms with Crippen molar-refractivity contribution in [1.29, 1.82) is 0 Å². The fourth-order valence-electron chi connectivity index (χ4n) is 7.69. The summed E-state index contributed by atoms with van der Waals surface area (Å²) in [6, 6.07) is 69.3. The molecule has 0 aliphatic heterocycles. The third-order valence-corrected chi connectivity index (χ3v) is 10.7. The van der Waals surface area contributed by atoms with Crippen molar-refractivity contribution in [2.75, 3.05) is 0 Å². The number of aromatic nitrogens is 5. The smallest absolute Gasteiger partial charge is 0.159 e. The maximum atomic E-state index is 5.36. The fraction of sp³-hybridized carbons (Fsp3) is 0. The lowest BCUT2D eigenvalue weighted by Gasteiger charge is -2.16. The monoisotopic (exact) mass is 767 g/mol. The van der Waals surface area contributed by atoms with Crippen LogP contribution in [-0.4, -0.2) is 24.9 Å². The molecular weight excluding hydrogens is 731 g/mol. The molecule has 0 aliphatic carbocycles. The van der Waals surface area contributed by atoms with Crippen molar-refractivity contribution in [3.63, 3.8) is 0 Å². The van der Waals surface area contributed by atoms with Crippen LogP contribution in [0.25, 0.3) is 101 Å². The van der Waals surface area contributed by atoms with E-state index < -0.39 is 0 Å². The number of hydrogen-bond acceptors (Lipinski definition) is 5. The van der Waals surface area contributed by atoms with Crippen LogP contribution in [0.2, 0.25) is 0 Å². The molecule has 282 valence electrons. The molecule has 0 fully saturated rings. The highest BCUT2D eigenvalue weighted by atomic mass is 14.9. The molecule has 3 aromatic heterocycles. The van der Waals surface area contributed by atoms with Crippen molar-refractivity contribution in [2.24, 2.45) is 0 Å². The Bertz CT molecular complexity index is 2870. The summed E-state index contributed by atoms with van der Waals surface area (Å²) >= 11 is 0. The van der Waals surface area contributed by atoms with Crippen molar-refractivity contribution in [3.8, 4) is 101 Å². The first-order valence-electron chi connectivity index (χ1n) is 20.0. The lowest BCUT2D eigenvalue weighted by molar-refractivity contribution is 1.18. The Morgan fingerprint density at radius 3 is 1.05 bits per heavy atom. The lowest BCUT2D eigenvalue weighted by atomic mass is 9.90. The van der Waals surface area contributed by atoms with Gasteiger partial charge < -0.3 is 0 Å². The molecule has 60 heavy (non-hydrogen) atoms. The predicted octanol–water partition coefficient (Wildman–Crippen LogP) is 13.7. The van der Waals surface area contributed by atoms with E-state index in [1.54, 1.807) is 0 Å². The van der Waals surface area contributed by atoms with Gasteiger partial charge in [-0.1, -0.05) is 176 Å². The van der Waals surface area contributed by atoms with E-state index in [4.69, 9.17) is 24.9 Å². The molecule has 0 saturated carbocycles. The second-order valence-corrected chi connectivity index (χ2v) is 14.6. The molecule has 5 heteroatoms. The van der Waals surface area contributed by atoms with E-state index in [0.29, 0.717) is 11.6 Å². The number of hydrogen-bond donors (Lipinski definition) is 0. The van der Waals surface area contributed by atoms with E-state index in [2.05, 4.69) is 133 Å². The highest BCUT2D eigenvalue weighted by Gasteiger charge is 2.16. The van der Waals surface area contributed by atoms with Crippen LogP contribution in [0.1, 0.15) is 0 Å². The van der Waals surface area contributed by atoms with E-state index in [0.717, 1.165) is 89.3 Å². The molecule has 10 aromatic rings. The molecule has 0 bridgehead atoms. The van der Waals surface area contributed by atoms with Crippen molar-refractivity contribution < 1.29 is 0 Å². The molecule has 0 amide bonds. The third kappa shape index (κ3) is 7.51. The van der Waals surface area contributed by atoms with Crippen molar-refractivity contribution in [1.82, 2.24) is 24.9 Å². The first kappa shape index (κ1) is 36.2. The topological polar surface area (TPSA) is 64.5 Å². The fourth-order valence-corrected chi connectivity index (χ4v) is 7.69. The Balaban J connectivity index is 1.04. The molecule has 0 N–H and O–H groups in total. The lowest BCUT2D eigenvalue weighted by Crippen LogP contribution is -1.95. The van der Waals surface area contributed by atoms with Gasteiger partial charge in [0.25, 0.3) is 0 Å². The molecule has 0 radical (unpaired) electrons. The number of pyridine rings is 1. The van der Waals surface area contributed by atoms with E-state index in [1.165, 1.54) is 0 Å². The molecular formula is C55H37N5. The first-order valence-corrected chi connectivity index (χ1v) is 20.0. The summed E-state index contributed by atoms with van der Waals surface area (Å²) in [5.74, 6) is 1.42. The average molecular weight is 768 g/mol. The van der Waals surface area contributed by atoms with Gasteiger partial charge in [0.15, 0.2) is 11.6 Å². The van der Waals surface area contributed by atoms with Crippen LogP contribution in [-0.2, 0) is 0 Å². The van der Waals surface area contributed by atoms with Crippen molar-refractivity contribution >= 4 is 0 Å². The number of nitrogens with zero attached hydrogens (tertiary/aromatic N) is 5. The standard InChI is InChI=1S/C55H37N5/c1-4-16-38(17-5-1)52-32-45(50-28-11-10-26-48(50)43-24-14-22-41(30-43)46-34-56-54(57-35-46)39-18-6-2-7-19-39)33-53(60-52)51-29-13-12-27-49(51)44-25-15-23-42(31-44)47-36-58-55(59-37-47)40-20-8-3-9-21-40/h1-37H. The molecule has 0 atom stereocenters. The van der Waals surface area contributed by atoms with E-state index in [1.807, 2.05) is 91.5 Å². The normalized spacial score (nSPS) is 11.0. The van der Waals surface area contributed by atoms with Gasteiger partial charge >= 0.3 is 0 Å². The maximum absolute atomic E-state index is 5.36. The number of benzene rings is 7. The summed E-state index contributed by atoms with van der Waals surface area (Å²) in [7, 11) is 0. The largest absolute Gasteiger partial charge is 0.248 e. The maximum Gasteiger partial charge on any atom is 0.159 e. The molecule has 10 rings (SSSR count). The molecule has 0 unspecified atom stereocenters. The minimum Gasteiger partial charge on any atom is -0.248 e. The van der Waals surface area contributed by atoms with Gasteiger partial charge in [0, 0.05) is 58.2 Å². The van der Waals surface area contributed by atoms with E-state index in [-0.39, 0.29) is 0 Å². The summed E-state index contributed by atoms with van der Waals surface area (Å²) < 4.78 is 0. The van der Waals surface area contributed by atoms with Crippen LogP contribution in [0.3, 0.4) is 0 Å². The molecule has 0 aliphatic rings. The van der Waals surface area contributed by atoms with Crippen LogP contribution in [0.4, 0.5) is 0 Å². The zero-order valence-electron chi connectivity index (χ0n) is 32.6. The molecule has 0 spiro atoms. The second-order valence-electron chi connectivity index (χ2n) is 14.6. The summed E-state index contributed by atoms with van der Waals surface area (Å²) in [6.45, 7) is 0. The van der Waals surface area contributed by atoms with Crippen LogP contribution in [0.5, 0.6) is 0 Å². The zero-order chi connectivity index (χ0) is 40.1. The summed E-state index contributed by atoms with van der Waals surface area (Å²) in [5, 5.41) is 0. The van der Waals surface area contributed by atoms with Gasteiger partial charge in [0.05, 0.1) is 11.4 Å². The molecule has 7 aromatic carbocycles. The zero-order valence-corrected chi connectivity index (χ0v) is 32.6. The van der Waals surface area contributed by atoms with E-state index >= 15 is 0 Å². The van der Waals surface area contributed by atoms with Gasteiger partial charge in [-0.2, -0.15) is 0 Å². The second kappa shape index (κ2) is 16.4.